The molecule has 5 heteroatoms. The fraction of sp³-hybridized carbons (Fsp3) is 0.333. The van der Waals surface area contributed by atoms with Gasteiger partial charge in [0, 0.05) is 33.6 Å². The van der Waals surface area contributed by atoms with Gasteiger partial charge in [0.05, 0.1) is 18.9 Å². The van der Waals surface area contributed by atoms with Crippen LogP contribution in [0.3, 0.4) is 0 Å². The zero-order chi connectivity index (χ0) is 18.2. The summed E-state index contributed by atoms with van der Waals surface area (Å²) in [6, 6.07) is 20.4. The van der Waals surface area contributed by atoms with E-state index in [9.17, 15) is 0 Å². The quantitative estimate of drug-likeness (QED) is 0.630. The van der Waals surface area contributed by atoms with Crippen LogP contribution in [0, 0.1) is 0 Å². The van der Waals surface area contributed by atoms with Crippen molar-refractivity contribution in [1.29, 1.82) is 0 Å². The summed E-state index contributed by atoms with van der Waals surface area (Å²) in [5, 5.41) is 0. The first-order chi connectivity index (χ1) is 12.7. The van der Waals surface area contributed by atoms with Crippen molar-refractivity contribution in [1.82, 2.24) is 9.80 Å². The summed E-state index contributed by atoms with van der Waals surface area (Å²) in [5.74, 6) is 1.73. The van der Waals surface area contributed by atoms with Crippen LogP contribution in [0.1, 0.15) is 5.56 Å². The standard InChI is InChI=1S/C21H26N4O/c1-24(2)20(17-18-9-5-3-6-10-18)23-21(25-13-15-26-16-14-25)22-19-11-7-4-8-12-19/h3-12H,13-17H2,1-2H3/b22-21?,23-20+. The second-order valence-electron chi connectivity index (χ2n) is 6.43. The average molecular weight is 350 g/mol. The van der Waals surface area contributed by atoms with E-state index < -0.39 is 0 Å². The molecular formula is C21H26N4O. The summed E-state index contributed by atoms with van der Waals surface area (Å²) < 4.78 is 5.49. The lowest BCUT2D eigenvalue weighted by Crippen LogP contribution is -2.41. The number of guanidine groups is 1. The van der Waals surface area contributed by atoms with Gasteiger partial charge in [0.15, 0.2) is 0 Å². The van der Waals surface area contributed by atoms with E-state index in [-0.39, 0.29) is 0 Å². The van der Waals surface area contributed by atoms with Crippen LogP contribution in [0.15, 0.2) is 70.6 Å². The molecule has 136 valence electrons. The van der Waals surface area contributed by atoms with Gasteiger partial charge in [-0.15, -0.1) is 0 Å². The van der Waals surface area contributed by atoms with Crippen LogP contribution in [0.4, 0.5) is 5.69 Å². The highest BCUT2D eigenvalue weighted by atomic mass is 16.5. The van der Waals surface area contributed by atoms with Gasteiger partial charge in [0.25, 0.3) is 0 Å². The summed E-state index contributed by atoms with van der Waals surface area (Å²) in [4.78, 5) is 14.0. The normalized spacial score (nSPS) is 15.8. The Bertz CT molecular complexity index is 735. The topological polar surface area (TPSA) is 40.4 Å². The van der Waals surface area contributed by atoms with Gasteiger partial charge in [-0.05, 0) is 17.7 Å². The number of amidine groups is 1. The molecule has 1 saturated heterocycles. The molecule has 0 N–H and O–H groups in total. The largest absolute Gasteiger partial charge is 0.378 e. The molecule has 3 rings (SSSR count). The van der Waals surface area contributed by atoms with Crippen LogP contribution in [-0.2, 0) is 11.2 Å². The lowest BCUT2D eigenvalue weighted by atomic mass is 10.1. The molecule has 0 radical (unpaired) electrons. The maximum atomic E-state index is 5.49. The van der Waals surface area contributed by atoms with Crippen molar-refractivity contribution in [2.45, 2.75) is 6.42 Å². The van der Waals surface area contributed by atoms with E-state index in [1.807, 2.05) is 50.5 Å². The van der Waals surface area contributed by atoms with Crippen molar-refractivity contribution < 1.29 is 4.74 Å². The van der Waals surface area contributed by atoms with Crippen molar-refractivity contribution >= 4 is 17.5 Å². The van der Waals surface area contributed by atoms with Crippen LogP contribution in [0.2, 0.25) is 0 Å². The monoisotopic (exact) mass is 350 g/mol. The number of hydrogen-bond donors (Lipinski definition) is 0. The third-order valence-corrected chi connectivity index (χ3v) is 4.23. The fourth-order valence-electron chi connectivity index (χ4n) is 2.74. The van der Waals surface area contributed by atoms with Crippen molar-refractivity contribution in [3.05, 3.63) is 66.2 Å². The first-order valence-corrected chi connectivity index (χ1v) is 8.97. The third kappa shape index (κ3) is 5.17. The minimum atomic E-state index is 0.708. The van der Waals surface area contributed by atoms with Gasteiger partial charge in [0.1, 0.15) is 5.84 Å². The zero-order valence-corrected chi connectivity index (χ0v) is 15.5. The van der Waals surface area contributed by atoms with E-state index in [0.29, 0.717) is 13.2 Å². The predicted octanol–water partition coefficient (Wildman–Crippen LogP) is 3.21. The molecule has 1 aliphatic heterocycles. The Kier molecular flexibility index (Phi) is 6.39. The number of hydrogen-bond acceptors (Lipinski definition) is 2. The number of benzene rings is 2. The number of nitrogens with zero attached hydrogens (tertiary/aromatic N) is 4. The smallest absolute Gasteiger partial charge is 0.227 e. The molecule has 0 unspecified atom stereocenters. The van der Waals surface area contributed by atoms with E-state index in [1.165, 1.54) is 5.56 Å². The summed E-state index contributed by atoms with van der Waals surface area (Å²) in [5.41, 5.74) is 2.15. The van der Waals surface area contributed by atoms with Gasteiger partial charge in [-0.2, -0.15) is 4.99 Å². The third-order valence-electron chi connectivity index (χ3n) is 4.23. The van der Waals surface area contributed by atoms with Gasteiger partial charge >= 0.3 is 0 Å². The van der Waals surface area contributed by atoms with Gasteiger partial charge in [-0.25, -0.2) is 4.99 Å². The Hall–Kier alpha value is -2.66. The van der Waals surface area contributed by atoms with Crippen LogP contribution >= 0.6 is 0 Å². The number of morpholine rings is 1. The zero-order valence-electron chi connectivity index (χ0n) is 15.5. The van der Waals surface area contributed by atoms with Gasteiger partial charge in [0.2, 0.25) is 5.96 Å². The SMILES string of the molecule is CN(C)/C(Cc1ccccc1)=N/C(=Nc1ccccc1)N1CCOCC1. The van der Waals surface area contributed by atoms with Crippen LogP contribution in [0.25, 0.3) is 0 Å². The second kappa shape index (κ2) is 9.15. The van der Waals surface area contributed by atoms with Crippen LogP contribution in [0.5, 0.6) is 0 Å². The minimum Gasteiger partial charge on any atom is -0.378 e. The van der Waals surface area contributed by atoms with E-state index in [1.54, 1.807) is 0 Å². The van der Waals surface area contributed by atoms with E-state index in [0.717, 1.165) is 37.0 Å². The molecule has 0 spiro atoms. The van der Waals surface area contributed by atoms with E-state index >= 15 is 0 Å². The van der Waals surface area contributed by atoms with Gasteiger partial charge < -0.3 is 14.5 Å². The second-order valence-corrected chi connectivity index (χ2v) is 6.43. The summed E-state index contributed by atoms with van der Waals surface area (Å²) >= 11 is 0. The maximum absolute atomic E-state index is 5.49. The van der Waals surface area contributed by atoms with Crippen molar-refractivity contribution in [2.75, 3.05) is 40.4 Å². The minimum absolute atomic E-state index is 0.708. The molecule has 0 atom stereocenters. The first-order valence-electron chi connectivity index (χ1n) is 8.97. The molecule has 1 aliphatic rings. The van der Waals surface area contributed by atoms with Crippen molar-refractivity contribution in [3.63, 3.8) is 0 Å². The highest BCUT2D eigenvalue weighted by molar-refractivity contribution is 5.97. The summed E-state index contributed by atoms with van der Waals surface area (Å²) in [6.45, 7) is 3.03. The average Bonchev–Trinajstić information content (AvgIpc) is 2.69. The molecule has 0 aliphatic carbocycles. The number of likely N-dealkylation sites (N-methyl/N-ethyl adjacent to an activating group) is 1. The van der Waals surface area contributed by atoms with Crippen LogP contribution in [-0.4, -0.2) is 62.0 Å². The Labute approximate surface area is 155 Å². The predicted molar refractivity (Wildman–Crippen MR) is 107 cm³/mol. The Morgan fingerprint density at radius 3 is 2.19 bits per heavy atom. The van der Waals surface area contributed by atoms with Gasteiger partial charge in [-0.3, -0.25) is 0 Å². The molecule has 0 amide bonds. The molecule has 26 heavy (non-hydrogen) atoms. The first kappa shape index (κ1) is 18.1. The molecule has 0 saturated carbocycles. The number of aliphatic imine (C=N–C) groups is 2. The van der Waals surface area contributed by atoms with Crippen molar-refractivity contribution in [2.24, 2.45) is 9.98 Å². The molecule has 1 fully saturated rings. The molecular weight excluding hydrogens is 324 g/mol. The van der Waals surface area contributed by atoms with Crippen LogP contribution < -0.4 is 0 Å². The molecule has 2 aromatic carbocycles. The van der Waals surface area contributed by atoms with E-state index in [2.05, 4.69) is 34.1 Å². The highest BCUT2D eigenvalue weighted by Gasteiger charge is 2.17. The lowest BCUT2D eigenvalue weighted by Gasteiger charge is -2.28. The summed E-state index contributed by atoms with van der Waals surface area (Å²) in [6.07, 6.45) is 0.770. The summed E-state index contributed by atoms with van der Waals surface area (Å²) in [7, 11) is 4.06. The molecule has 2 aromatic rings. The Morgan fingerprint density at radius 2 is 1.58 bits per heavy atom. The fourth-order valence-corrected chi connectivity index (χ4v) is 2.74. The van der Waals surface area contributed by atoms with Crippen molar-refractivity contribution in [3.8, 4) is 0 Å². The highest BCUT2D eigenvalue weighted by Crippen LogP contribution is 2.14. The van der Waals surface area contributed by atoms with E-state index in [4.69, 9.17) is 14.7 Å². The maximum Gasteiger partial charge on any atom is 0.227 e. The number of ether oxygens (including phenoxy) is 1. The molecule has 1 heterocycles. The Morgan fingerprint density at radius 1 is 0.962 bits per heavy atom. The molecule has 5 nitrogen and oxygen atoms in total. The van der Waals surface area contributed by atoms with Gasteiger partial charge in [-0.1, -0.05) is 48.5 Å². The number of rotatable bonds is 3. The Balaban J connectivity index is 1.92. The molecule has 0 bridgehead atoms. The number of para-hydroxylation sites is 1. The lowest BCUT2D eigenvalue weighted by molar-refractivity contribution is 0.0676. The molecule has 0 aromatic heterocycles.